The van der Waals surface area contributed by atoms with Crippen LogP contribution in [0.15, 0.2) is 59.1 Å². The van der Waals surface area contributed by atoms with Crippen LogP contribution in [0.4, 0.5) is 14.5 Å². The van der Waals surface area contributed by atoms with E-state index < -0.39 is 33.0 Å². The van der Waals surface area contributed by atoms with Crippen LogP contribution in [0.3, 0.4) is 0 Å². The lowest BCUT2D eigenvalue weighted by atomic mass is 9.95. The van der Waals surface area contributed by atoms with Crippen molar-refractivity contribution in [3.8, 4) is 11.4 Å². The van der Waals surface area contributed by atoms with Crippen molar-refractivity contribution in [2.24, 2.45) is 0 Å². The van der Waals surface area contributed by atoms with Crippen molar-refractivity contribution < 1.29 is 26.5 Å². The van der Waals surface area contributed by atoms with Gasteiger partial charge in [-0.25, -0.2) is 17.2 Å². The van der Waals surface area contributed by atoms with Gasteiger partial charge in [0.05, 0.1) is 17.1 Å². The quantitative estimate of drug-likeness (QED) is 0.235. The summed E-state index contributed by atoms with van der Waals surface area (Å²) in [5.74, 6) is -1.94. The van der Waals surface area contributed by atoms with Crippen molar-refractivity contribution in [3.63, 3.8) is 0 Å². The number of aromatic nitrogens is 2. The molecule has 1 fully saturated rings. The fraction of sp³-hybridized carbons (Fsp3) is 0.222. The molecule has 1 atom stereocenters. The second-order valence-electron chi connectivity index (χ2n) is 9.38. The van der Waals surface area contributed by atoms with Gasteiger partial charge in [0.1, 0.15) is 10.7 Å². The molecule has 1 aliphatic rings. The Morgan fingerprint density at radius 2 is 1.72 bits per heavy atom. The molecule has 1 aromatic heterocycles. The predicted molar refractivity (Wildman–Crippen MR) is 144 cm³/mol. The first-order chi connectivity index (χ1) is 18.6. The monoisotopic (exact) mass is 591 g/mol. The molecule has 1 saturated carbocycles. The highest BCUT2D eigenvalue weighted by atomic mass is 35.5. The van der Waals surface area contributed by atoms with Crippen LogP contribution >= 0.6 is 23.2 Å². The van der Waals surface area contributed by atoms with Crippen LogP contribution in [0.2, 0.25) is 10.0 Å². The number of anilines is 1. The van der Waals surface area contributed by atoms with E-state index in [-0.39, 0.29) is 29.6 Å². The Balaban J connectivity index is 1.32. The van der Waals surface area contributed by atoms with Gasteiger partial charge in [-0.2, -0.15) is 4.98 Å². The van der Waals surface area contributed by atoms with Crippen molar-refractivity contribution in [3.05, 3.63) is 98.9 Å². The highest BCUT2D eigenvalue weighted by Crippen LogP contribution is 2.57. The van der Waals surface area contributed by atoms with Gasteiger partial charge in [-0.15, -0.1) is 0 Å². The van der Waals surface area contributed by atoms with E-state index in [9.17, 15) is 22.0 Å². The molecule has 0 spiro atoms. The Labute approximate surface area is 234 Å². The molecular formula is C27H21Cl2F2N3O4S. The molecule has 1 amide bonds. The summed E-state index contributed by atoms with van der Waals surface area (Å²) in [5.41, 5.74) is 1.87. The summed E-state index contributed by atoms with van der Waals surface area (Å²) in [6, 6.07) is 13.3. The maximum absolute atomic E-state index is 13.7. The van der Waals surface area contributed by atoms with Crippen LogP contribution in [-0.2, 0) is 27.3 Å². The Bertz CT molecular complexity index is 1620. The van der Waals surface area contributed by atoms with E-state index in [4.69, 9.17) is 27.7 Å². The van der Waals surface area contributed by atoms with Gasteiger partial charge >= 0.3 is 0 Å². The molecule has 5 rings (SSSR count). The highest BCUT2D eigenvalue weighted by molar-refractivity contribution is 7.72. The summed E-state index contributed by atoms with van der Waals surface area (Å²) in [5, 5.41) is 6.69. The SMILES string of the molecule is CC(c1ccc(CC(=O)Nc2cc(Cl)c(C3(c4nc(-c5ccc(F)c(F)c5)no4)CC3)c(Cl)c2)cc1)[SH](=O)=O. The topological polar surface area (TPSA) is 102 Å². The van der Waals surface area contributed by atoms with Gasteiger partial charge in [-0.3, -0.25) is 4.79 Å². The number of amides is 1. The zero-order chi connectivity index (χ0) is 27.9. The molecule has 1 aliphatic carbocycles. The van der Waals surface area contributed by atoms with E-state index in [1.165, 1.54) is 6.07 Å². The number of nitrogens with one attached hydrogen (secondary N) is 1. The third-order valence-electron chi connectivity index (χ3n) is 6.71. The number of carbonyl (C=O) groups excluding carboxylic acids is 1. The Hall–Kier alpha value is -3.34. The van der Waals surface area contributed by atoms with Crippen LogP contribution in [0.5, 0.6) is 0 Å². The lowest BCUT2D eigenvalue weighted by Crippen LogP contribution is -2.16. The van der Waals surface area contributed by atoms with E-state index in [0.29, 0.717) is 45.3 Å². The zero-order valence-electron chi connectivity index (χ0n) is 20.4. The zero-order valence-corrected chi connectivity index (χ0v) is 22.8. The molecule has 39 heavy (non-hydrogen) atoms. The fourth-order valence-corrected chi connectivity index (χ4v) is 5.66. The summed E-state index contributed by atoms with van der Waals surface area (Å²) in [4.78, 5) is 17.1. The van der Waals surface area contributed by atoms with E-state index in [1.54, 1.807) is 43.3 Å². The van der Waals surface area contributed by atoms with Crippen molar-refractivity contribution in [2.75, 3.05) is 5.32 Å². The van der Waals surface area contributed by atoms with Crippen molar-refractivity contribution in [1.29, 1.82) is 0 Å². The van der Waals surface area contributed by atoms with Crippen LogP contribution in [0, 0.1) is 11.6 Å². The Kier molecular flexibility index (Phi) is 7.45. The molecule has 0 aliphatic heterocycles. The minimum absolute atomic E-state index is 0.0633. The molecule has 7 nitrogen and oxygen atoms in total. The average molecular weight is 592 g/mol. The smallest absolute Gasteiger partial charge is 0.237 e. The van der Waals surface area contributed by atoms with Crippen molar-refractivity contribution in [1.82, 2.24) is 10.1 Å². The summed E-state index contributed by atoms with van der Waals surface area (Å²) in [6.07, 6.45) is 1.33. The number of nitrogens with zero attached hydrogens (tertiary/aromatic N) is 2. The molecule has 0 bridgehead atoms. The summed E-state index contributed by atoms with van der Waals surface area (Å²) in [6.45, 7) is 1.60. The molecule has 12 heteroatoms. The molecule has 0 saturated heterocycles. The largest absolute Gasteiger partial charge is 0.338 e. The predicted octanol–water partition coefficient (Wildman–Crippen LogP) is 6.26. The van der Waals surface area contributed by atoms with Gasteiger partial charge in [0.2, 0.25) is 17.6 Å². The average Bonchev–Trinajstić information content (AvgIpc) is 3.51. The Morgan fingerprint density at radius 1 is 1.05 bits per heavy atom. The maximum atomic E-state index is 13.7. The van der Waals surface area contributed by atoms with Crippen LogP contribution in [0.25, 0.3) is 11.4 Å². The van der Waals surface area contributed by atoms with E-state index >= 15 is 0 Å². The number of halogens is 4. The maximum Gasteiger partial charge on any atom is 0.237 e. The lowest BCUT2D eigenvalue weighted by Gasteiger charge is -2.17. The minimum Gasteiger partial charge on any atom is -0.338 e. The minimum atomic E-state index is -2.58. The third kappa shape index (κ3) is 5.54. The molecule has 3 aromatic carbocycles. The summed E-state index contributed by atoms with van der Waals surface area (Å²) >= 11 is 13.2. The summed E-state index contributed by atoms with van der Waals surface area (Å²) in [7, 11) is -2.58. The third-order valence-corrected chi connectivity index (χ3v) is 8.24. The molecular weight excluding hydrogens is 571 g/mol. The van der Waals surface area contributed by atoms with Crippen molar-refractivity contribution in [2.45, 2.75) is 36.9 Å². The van der Waals surface area contributed by atoms with Gasteiger partial charge < -0.3 is 9.84 Å². The van der Waals surface area contributed by atoms with Gasteiger partial charge in [-0.05, 0) is 61.2 Å². The molecule has 1 heterocycles. The normalized spacial score (nSPS) is 14.8. The number of carbonyl (C=O) groups is 1. The van der Waals surface area contributed by atoms with Gasteiger partial charge in [0, 0.05) is 26.9 Å². The lowest BCUT2D eigenvalue weighted by molar-refractivity contribution is -0.115. The van der Waals surface area contributed by atoms with E-state index in [1.807, 2.05) is 0 Å². The number of hydrogen-bond donors (Lipinski definition) is 2. The number of rotatable bonds is 8. The fourth-order valence-electron chi connectivity index (χ4n) is 4.39. The Morgan fingerprint density at radius 3 is 2.31 bits per heavy atom. The molecule has 1 unspecified atom stereocenters. The number of benzene rings is 3. The first-order valence-corrected chi connectivity index (χ1v) is 13.9. The first-order valence-electron chi connectivity index (χ1n) is 11.9. The number of hydrogen-bond acceptors (Lipinski definition) is 6. The van der Waals surface area contributed by atoms with Gasteiger partial charge in [0.15, 0.2) is 11.6 Å². The van der Waals surface area contributed by atoms with Crippen molar-refractivity contribution >= 4 is 45.5 Å². The molecule has 1 N–H and O–H groups in total. The second kappa shape index (κ2) is 10.7. The first kappa shape index (κ1) is 27.2. The van der Waals surface area contributed by atoms with Crippen LogP contribution < -0.4 is 5.32 Å². The van der Waals surface area contributed by atoms with Gasteiger partial charge in [-0.1, -0.05) is 52.6 Å². The van der Waals surface area contributed by atoms with Crippen LogP contribution in [-0.4, -0.2) is 24.5 Å². The molecule has 4 aromatic rings. The van der Waals surface area contributed by atoms with Crippen LogP contribution in [0.1, 0.15) is 47.6 Å². The van der Waals surface area contributed by atoms with E-state index in [0.717, 1.165) is 12.1 Å². The molecule has 0 radical (unpaired) electrons. The second-order valence-corrected chi connectivity index (χ2v) is 11.5. The highest BCUT2D eigenvalue weighted by Gasteiger charge is 2.53. The standard InChI is InChI=1S/C27H21Cl2F2N3O4S/c1-14(39(36)37)16-4-2-15(3-5-16)10-23(35)32-18-12-19(28)24(20(29)13-18)27(8-9-27)26-33-25(34-38-26)17-6-7-21(30)22(31)11-17/h2-7,11-14,39H,8-10H2,1H3,(H,32,35). The summed E-state index contributed by atoms with van der Waals surface area (Å²) < 4.78 is 54.8. The molecule has 202 valence electrons. The van der Waals surface area contributed by atoms with Gasteiger partial charge in [0.25, 0.3) is 0 Å². The number of thiol groups is 1. The van der Waals surface area contributed by atoms with E-state index in [2.05, 4.69) is 15.5 Å².